The largest absolute Gasteiger partial charge is 0.326 e. The zero-order chi connectivity index (χ0) is 17.6. The third kappa shape index (κ3) is 4.36. The van der Waals surface area contributed by atoms with E-state index in [4.69, 9.17) is 0 Å². The van der Waals surface area contributed by atoms with Crippen LogP contribution in [0.3, 0.4) is 0 Å². The van der Waals surface area contributed by atoms with Crippen molar-refractivity contribution >= 4 is 40.6 Å². The first kappa shape index (κ1) is 17.0. The minimum absolute atomic E-state index is 0.0611. The molecule has 1 N–H and O–H groups in total. The predicted octanol–water partition coefficient (Wildman–Crippen LogP) is 3.75. The molecule has 2 aromatic rings. The summed E-state index contributed by atoms with van der Waals surface area (Å²) in [5.41, 5.74) is 1.54. The fourth-order valence-electron chi connectivity index (χ4n) is 2.35. The second kappa shape index (κ2) is 7.81. The smallest absolute Gasteiger partial charge is 0.293 e. The molecule has 0 aliphatic carbocycles. The molecule has 0 atom stereocenters. The molecule has 0 saturated carbocycles. The Labute approximate surface area is 149 Å². The van der Waals surface area contributed by atoms with Crippen LogP contribution in [0.25, 0.3) is 6.08 Å². The highest BCUT2D eigenvalue weighted by atomic mass is 32.2. The van der Waals surface area contributed by atoms with E-state index >= 15 is 0 Å². The molecule has 1 aliphatic heterocycles. The zero-order valence-corrected chi connectivity index (χ0v) is 14.2. The van der Waals surface area contributed by atoms with Gasteiger partial charge in [0.05, 0.1) is 4.91 Å². The molecular formula is C19H16N2O3S. The maximum atomic E-state index is 12.4. The summed E-state index contributed by atoms with van der Waals surface area (Å²) in [6, 6.07) is 18.4. The first-order chi connectivity index (χ1) is 12.1. The molecule has 1 saturated heterocycles. The van der Waals surface area contributed by atoms with E-state index in [0.29, 0.717) is 10.6 Å². The van der Waals surface area contributed by atoms with E-state index in [1.165, 1.54) is 0 Å². The standard InChI is InChI=1S/C19H16N2O3S/c22-17(20-15-9-5-2-6-10-15)11-12-21-18(23)16(25-19(21)24)13-14-7-3-1-4-8-14/h1-10,13H,11-12H2,(H,20,22)/b16-13+. The van der Waals surface area contributed by atoms with E-state index in [1.54, 1.807) is 18.2 Å². The SMILES string of the molecule is O=C(CCN1C(=O)S/C(=C/c2ccccc2)C1=O)Nc1ccccc1. The summed E-state index contributed by atoms with van der Waals surface area (Å²) in [5.74, 6) is -0.594. The molecule has 2 aromatic carbocycles. The average molecular weight is 352 g/mol. The van der Waals surface area contributed by atoms with Crippen LogP contribution in [-0.4, -0.2) is 28.5 Å². The van der Waals surface area contributed by atoms with Crippen molar-refractivity contribution in [1.29, 1.82) is 0 Å². The summed E-state index contributed by atoms with van der Waals surface area (Å²) in [6.07, 6.45) is 1.75. The highest BCUT2D eigenvalue weighted by Gasteiger charge is 2.34. The fourth-order valence-corrected chi connectivity index (χ4v) is 3.22. The lowest BCUT2D eigenvalue weighted by Crippen LogP contribution is -2.31. The number of hydrogen-bond donors (Lipinski definition) is 1. The van der Waals surface area contributed by atoms with Gasteiger partial charge in [0, 0.05) is 18.7 Å². The maximum absolute atomic E-state index is 12.4. The number of nitrogens with one attached hydrogen (secondary N) is 1. The average Bonchev–Trinajstić information content (AvgIpc) is 2.88. The van der Waals surface area contributed by atoms with E-state index in [-0.39, 0.29) is 30.0 Å². The van der Waals surface area contributed by atoms with Gasteiger partial charge in [0.2, 0.25) is 5.91 Å². The number of imide groups is 1. The molecular weight excluding hydrogens is 336 g/mol. The summed E-state index contributed by atoms with van der Waals surface area (Å²) >= 11 is 0.899. The summed E-state index contributed by atoms with van der Waals surface area (Å²) in [5, 5.41) is 2.39. The Hall–Kier alpha value is -2.86. The zero-order valence-electron chi connectivity index (χ0n) is 13.3. The Morgan fingerprint density at radius 2 is 1.64 bits per heavy atom. The maximum Gasteiger partial charge on any atom is 0.293 e. The Bertz CT molecular complexity index is 819. The number of anilines is 1. The number of amides is 3. The molecule has 0 aromatic heterocycles. The van der Waals surface area contributed by atoms with Crippen LogP contribution in [0.2, 0.25) is 0 Å². The molecule has 0 spiro atoms. The van der Waals surface area contributed by atoms with Gasteiger partial charge >= 0.3 is 0 Å². The van der Waals surface area contributed by atoms with Crippen LogP contribution in [0.1, 0.15) is 12.0 Å². The monoisotopic (exact) mass is 352 g/mol. The molecule has 5 nitrogen and oxygen atoms in total. The second-order valence-electron chi connectivity index (χ2n) is 5.41. The van der Waals surface area contributed by atoms with Gasteiger partial charge in [-0.2, -0.15) is 0 Å². The minimum Gasteiger partial charge on any atom is -0.326 e. The third-order valence-corrected chi connectivity index (χ3v) is 4.50. The summed E-state index contributed by atoms with van der Waals surface area (Å²) in [4.78, 5) is 37.9. The van der Waals surface area contributed by atoms with Crippen LogP contribution in [0.5, 0.6) is 0 Å². The van der Waals surface area contributed by atoms with Crippen LogP contribution in [0.15, 0.2) is 65.6 Å². The third-order valence-electron chi connectivity index (χ3n) is 3.59. The van der Waals surface area contributed by atoms with Crippen molar-refractivity contribution in [2.45, 2.75) is 6.42 Å². The van der Waals surface area contributed by atoms with Gasteiger partial charge < -0.3 is 5.32 Å². The quantitative estimate of drug-likeness (QED) is 0.832. The van der Waals surface area contributed by atoms with Crippen molar-refractivity contribution in [2.24, 2.45) is 0 Å². The Balaban J connectivity index is 1.59. The molecule has 0 radical (unpaired) electrons. The molecule has 25 heavy (non-hydrogen) atoms. The molecule has 1 aliphatic rings. The molecule has 1 heterocycles. The Morgan fingerprint density at radius 3 is 2.32 bits per heavy atom. The predicted molar refractivity (Wildman–Crippen MR) is 98.8 cm³/mol. The number of hydrogen-bond acceptors (Lipinski definition) is 4. The number of carbonyl (C=O) groups is 3. The van der Waals surface area contributed by atoms with E-state index in [2.05, 4.69) is 5.32 Å². The molecule has 0 bridgehead atoms. The van der Waals surface area contributed by atoms with Gasteiger partial charge in [0.25, 0.3) is 11.1 Å². The summed E-state index contributed by atoms with van der Waals surface area (Å²) < 4.78 is 0. The van der Waals surface area contributed by atoms with Crippen LogP contribution in [0, 0.1) is 0 Å². The van der Waals surface area contributed by atoms with Crippen LogP contribution in [-0.2, 0) is 9.59 Å². The first-order valence-electron chi connectivity index (χ1n) is 7.79. The van der Waals surface area contributed by atoms with Gasteiger partial charge in [0.1, 0.15) is 0 Å². The van der Waals surface area contributed by atoms with Crippen molar-refractivity contribution in [1.82, 2.24) is 4.90 Å². The lowest BCUT2D eigenvalue weighted by Gasteiger charge is -2.12. The van der Waals surface area contributed by atoms with E-state index in [9.17, 15) is 14.4 Å². The molecule has 0 unspecified atom stereocenters. The molecule has 126 valence electrons. The fraction of sp³-hybridized carbons (Fsp3) is 0.105. The summed E-state index contributed by atoms with van der Waals surface area (Å²) in [7, 11) is 0. The molecule has 6 heteroatoms. The van der Waals surface area contributed by atoms with Crippen molar-refractivity contribution in [3.05, 3.63) is 71.1 Å². The topological polar surface area (TPSA) is 66.5 Å². The highest BCUT2D eigenvalue weighted by Crippen LogP contribution is 2.32. The van der Waals surface area contributed by atoms with Gasteiger partial charge in [-0.1, -0.05) is 48.5 Å². The van der Waals surface area contributed by atoms with Crippen LogP contribution in [0.4, 0.5) is 10.5 Å². The van der Waals surface area contributed by atoms with Gasteiger partial charge in [0.15, 0.2) is 0 Å². The molecule has 3 amide bonds. The van der Waals surface area contributed by atoms with Gasteiger partial charge in [-0.25, -0.2) is 0 Å². The highest BCUT2D eigenvalue weighted by molar-refractivity contribution is 8.18. The number of carbonyl (C=O) groups excluding carboxylic acids is 3. The van der Waals surface area contributed by atoms with Gasteiger partial charge in [-0.3, -0.25) is 19.3 Å². The Kier molecular flexibility index (Phi) is 5.30. The summed E-state index contributed by atoms with van der Waals surface area (Å²) in [6.45, 7) is 0.0649. The number of rotatable bonds is 5. The molecule has 3 rings (SSSR count). The van der Waals surface area contributed by atoms with Gasteiger partial charge in [-0.15, -0.1) is 0 Å². The molecule has 1 fully saturated rings. The normalized spacial score (nSPS) is 15.7. The minimum atomic E-state index is -0.355. The number of para-hydroxylation sites is 1. The van der Waals surface area contributed by atoms with Crippen molar-refractivity contribution in [3.8, 4) is 0 Å². The lowest BCUT2D eigenvalue weighted by atomic mass is 10.2. The van der Waals surface area contributed by atoms with Crippen molar-refractivity contribution in [2.75, 3.05) is 11.9 Å². The number of benzene rings is 2. The van der Waals surface area contributed by atoms with Crippen LogP contribution < -0.4 is 5.32 Å². The number of thioether (sulfide) groups is 1. The lowest BCUT2D eigenvalue weighted by molar-refractivity contribution is -0.123. The second-order valence-corrected chi connectivity index (χ2v) is 6.40. The number of nitrogens with zero attached hydrogens (tertiary/aromatic N) is 1. The van der Waals surface area contributed by atoms with E-state index < -0.39 is 0 Å². The van der Waals surface area contributed by atoms with E-state index in [0.717, 1.165) is 22.2 Å². The van der Waals surface area contributed by atoms with Gasteiger partial charge in [-0.05, 0) is 35.5 Å². The first-order valence-corrected chi connectivity index (χ1v) is 8.60. The Morgan fingerprint density at radius 1 is 1.00 bits per heavy atom. The van der Waals surface area contributed by atoms with E-state index in [1.807, 2.05) is 48.5 Å². The van der Waals surface area contributed by atoms with Crippen molar-refractivity contribution in [3.63, 3.8) is 0 Å². The van der Waals surface area contributed by atoms with Crippen LogP contribution >= 0.6 is 11.8 Å². The van der Waals surface area contributed by atoms with Crippen molar-refractivity contribution < 1.29 is 14.4 Å².